The van der Waals surface area contributed by atoms with E-state index in [0.717, 1.165) is 37.4 Å². The minimum absolute atomic E-state index is 0.168. The van der Waals surface area contributed by atoms with Gasteiger partial charge in [0.05, 0.1) is 19.9 Å². The van der Waals surface area contributed by atoms with Gasteiger partial charge in [-0.2, -0.15) is 5.10 Å². The van der Waals surface area contributed by atoms with Crippen LogP contribution in [0.15, 0.2) is 12.3 Å². The highest BCUT2D eigenvalue weighted by Gasteiger charge is 2.21. The summed E-state index contributed by atoms with van der Waals surface area (Å²) in [6.45, 7) is 1.81. The van der Waals surface area contributed by atoms with Crippen LogP contribution in [0.25, 0.3) is 5.57 Å². The van der Waals surface area contributed by atoms with Gasteiger partial charge < -0.3 is 15.4 Å². The number of allylic oxidation sites excluding steroid dienone is 1. The van der Waals surface area contributed by atoms with Gasteiger partial charge in [0, 0.05) is 12.6 Å². The van der Waals surface area contributed by atoms with Crippen molar-refractivity contribution in [1.29, 1.82) is 0 Å². The van der Waals surface area contributed by atoms with Crippen LogP contribution in [0.1, 0.15) is 18.5 Å². The highest BCUT2D eigenvalue weighted by Crippen LogP contribution is 2.33. The number of nitrogens with two attached hydrogens (primary N) is 1. The van der Waals surface area contributed by atoms with Crippen molar-refractivity contribution in [2.24, 2.45) is 5.73 Å². The van der Waals surface area contributed by atoms with E-state index in [9.17, 15) is 0 Å². The summed E-state index contributed by atoms with van der Waals surface area (Å²) in [4.78, 5) is 2.15. The highest BCUT2D eigenvalue weighted by molar-refractivity contribution is 5.70. The van der Waals surface area contributed by atoms with E-state index in [1.54, 1.807) is 13.3 Å². The maximum atomic E-state index is 5.94. The van der Waals surface area contributed by atoms with Gasteiger partial charge in [0.1, 0.15) is 5.69 Å². The zero-order valence-electron chi connectivity index (χ0n) is 11.4. The topological polar surface area (TPSA) is 56.3 Å². The molecule has 1 aromatic rings. The zero-order valence-corrected chi connectivity index (χ0v) is 11.4. The molecule has 2 rings (SSSR count). The number of nitrogens with zero attached hydrogens (tertiary/aromatic N) is 3. The molecule has 0 aliphatic heterocycles. The summed E-state index contributed by atoms with van der Waals surface area (Å²) in [6.07, 6.45) is 5.93. The van der Waals surface area contributed by atoms with Gasteiger partial charge in [0.2, 0.25) is 0 Å². The van der Waals surface area contributed by atoms with Crippen molar-refractivity contribution in [2.75, 3.05) is 27.7 Å². The third-order valence-corrected chi connectivity index (χ3v) is 3.25. The SMILES string of the molecule is COc1cnn(CCN(C)C)c1C1=CC(N)CC1. The Morgan fingerprint density at radius 1 is 1.56 bits per heavy atom. The van der Waals surface area contributed by atoms with E-state index >= 15 is 0 Å². The van der Waals surface area contributed by atoms with Gasteiger partial charge >= 0.3 is 0 Å². The molecular formula is C13H22N4O. The van der Waals surface area contributed by atoms with Crippen LogP contribution in [0, 0.1) is 0 Å². The average molecular weight is 250 g/mol. The van der Waals surface area contributed by atoms with Gasteiger partial charge in [-0.25, -0.2) is 0 Å². The quantitative estimate of drug-likeness (QED) is 0.845. The van der Waals surface area contributed by atoms with Crippen molar-refractivity contribution in [3.8, 4) is 5.75 Å². The summed E-state index contributed by atoms with van der Waals surface area (Å²) in [5, 5.41) is 4.41. The molecule has 1 aromatic heterocycles. The Morgan fingerprint density at radius 2 is 2.33 bits per heavy atom. The number of hydrogen-bond acceptors (Lipinski definition) is 4. The van der Waals surface area contributed by atoms with E-state index in [0.29, 0.717) is 0 Å². The Bertz CT molecular complexity index is 436. The molecule has 1 unspecified atom stereocenters. The maximum Gasteiger partial charge on any atom is 0.164 e. The fraction of sp³-hybridized carbons (Fsp3) is 0.615. The van der Waals surface area contributed by atoms with E-state index in [4.69, 9.17) is 10.5 Å². The monoisotopic (exact) mass is 250 g/mol. The number of ether oxygens (including phenoxy) is 1. The first kappa shape index (κ1) is 13.1. The van der Waals surface area contributed by atoms with Crippen LogP contribution in [-0.4, -0.2) is 48.5 Å². The predicted molar refractivity (Wildman–Crippen MR) is 72.5 cm³/mol. The molecule has 1 atom stereocenters. The number of likely N-dealkylation sites (N-methyl/N-ethyl adjacent to an activating group) is 1. The molecule has 5 heteroatoms. The molecule has 1 aliphatic rings. The number of hydrogen-bond donors (Lipinski definition) is 1. The Hall–Kier alpha value is -1.33. The largest absolute Gasteiger partial charge is 0.493 e. The van der Waals surface area contributed by atoms with Crippen molar-refractivity contribution in [1.82, 2.24) is 14.7 Å². The second kappa shape index (κ2) is 5.54. The number of aromatic nitrogens is 2. The lowest BCUT2D eigenvalue weighted by Gasteiger charge is -2.13. The van der Waals surface area contributed by atoms with Crippen molar-refractivity contribution in [2.45, 2.75) is 25.4 Å². The van der Waals surface area contributed by atoms with Gasteiger partial charge in [0.15, 0.2) is 5.75 Å². The molecule has 1 aliphatic carbocycles. The van der Waals surface area contributed by atoms with Crippen molar-refractivity contribution < 1.29 is 4.74 Å². The molecule has 0 fully saturated rings. The fourth-order valence-corrected chi connectivity index (χ4v) is 2.25. The summed E-state index contributed by atoms with van der Waals surface area (Å²) in [5.74, 6) is 0.842. The van der Waals surface area contributed by atoms with Gasteiger partial charge in [-0.15, -0.1) is 0 Å². The second-order valence-electron chi connectivity index (χ2n) is 4.98. The normalized spacial score (nSPS) is 19.4. The Morgan fingerprint density at radius 3 is 2.89 bits per heavy atom. The summed E-state index contributed by atoms with van der Waals surface area (Å²) in [6, 6.07) is 0.168. The van der Waals surface area contributed by atoms with E-state index < -0.39 is 0 Å². The van der Waals surface area contributed by atoms with Gasteiger partial charge in [-0.3, -0.25) is 4.68 Å². The lowest BCUT2D eigenvalue weighted by atomic mass is 10.1. The predicted octanol–water partition coefficient (Wildman–Crippen LogP) is 0.958. The third-order valence-electron chi connectivity index (χ3n) is 3.25. The first-order chi connectivity index (χ1) is 8.61. The minimum atomic E-state index is 0.168. The van der Waals surface area contributed by atoms with Gasteiger partial charge in [-0.05, 0) is 32.5 Å². The Labute approximate surface area is 108 Å². The average Bonchev–Trinajstić information content (AvgIpc) is 2.91. The molecule has 0 spiro atoms. The molecule has 18 heavy (non-hydrogen) atoms. The van der Waals surface area contributed by atoms with Crippen LogP contribution in [0.3, 0.4) is 0 Å². The van der Waals surface area contributed by atoms with Crippen LogP contribution in [-0.2, 0) is 6.54 Å². The number of rotatable bonds is 5. The molecule has 5 nitrogen and oxygen atoms in total. The molecule has 100 valence electrons. The van der Waals surface area contributed by atoms with Crippen LogP contribution >= 0.6 is 0 Å². The zero-order chi connectivity index (χ0) is 13.1. The second-order valence-corrected chi connectivity index (χ2v) is 4.98. The highest BCUT2D eigenvalue weighted by atomic mass is 16.5. The van der Waals surface area contributed by atoms with Gasteiger partial charge in [0.25, 0.3) is 0 Å². The Balaban J connectivity index is 2.25. The summed E-state index contributed by atoms with van der Waals surface area (Å²) < 4.78 is 7.42. The first-order valence-electron chi connectivity index (χ1n) is 6.33. The van der Waals surface area contributed by atoms with E-state index in [1.165, 1.54) is 5.57 Å². The molecular weight excluding hydrogens is 228 g/mol. The van der Waals surface area contributed by atoms with Crippen molar-refractivity contribution >= 4 is 5.57 Å². The molecule has 1 heterocycles. The van der Waals surface area contributed by atoms with Crippen LogP contribution in [0.2, 0.25) is 0 Å². The standard InChI is InChI=1S/C13H22N4O/c1-16(2)6-7-17-13(12(18-3)9-15-17)10-4-5-11(14)8-10/h8-9,11H,4-7,14H2,1-3H3. The molecule has 2 N–H and O–H groups in total. The van der Waals surface area contributed by atoms with Crippen LogP contribution < -0.4 is 10.5 Å². The molecule has 0 saturated carbocycles. The van der Waals surface area contributed by atoms with Crippen molar-refractivity contribution in [3.63, 3.8) is 0 Å². The summed E-state index contributed by atoms with van der Waals surface area (Å²) in [5.41, 5.74) is 8.29. The minimum Gasteiger partial charge on any atom is -0.493 e. The first-order valence-corrected chi connectivity index (χ1v) is 6.33. The van der Waals surface area contributed by atoms with E-state index in [2.05, 4.69) is 30.2 Å². The smallest absolute Gasteiger partial charge is 0.164 e. The lowest BCUT2D eigenvalue weighted by molar-refractivity contribution is 0.370. The van der Waals surface area contributed by atoms with Crippen LogP contribution in [0.5, 0.6) is 5.75 Å². The molecule has 0 bridgehead atoms. The van der Waals surface area contributed by atoms with Crippen molar-refractivity contribution in [3.05, 3.63) is 18.0 Å². The van der Waals surface area contributed by atoms with Crippen LogP contribution in [0.4, 0.5) is 0 Å². The molecule has 0 aromatic carbocycles. The third kappa shape index (κ3) is 2.73. The Kier molecular flexibility index (Phi) is 4.04. The fourth-order valence-electron chi connectivity index (χ4n) is 2.25. The molecule has 0 saturated heterocycles. The maximum absolute atomic E-state index is 5.94. The molecule has 0 amide bonds. The van der Waals surface area contributed by atoms with E-state index in [1.807, 2.05) is 4.68 Å². The summed E-state index contributed by atoms with van der Waals surface area (Å²) >= 11 is 0. The van der Waals surface area contributed by atoms with E-state index in [-0.39, 0.29) is 6.04 Å². The lowest BCUT2D eigenvalue weighted by Crippen LogP contribution is -2.20. The number of methoxy groups -OCH3 is 1. The van der Waals surface area contributed by atoms with Gasteiger partial charge in [-0.1, -0.05) is 6.08 Å². The summed E-state index contributed by atoms with van der Waals surface area (Å²) in [7, 11) is 5.81. The molecule has 0 radical (unpaired) electrons.